The minimum absolute atomic E-state index is 0.0490. The number of thioether (sulfide) groups is 1. The molecular weight excluding hydrogens is 334 g/mol. The van der Waals surface area contributed by atoms with Crippen molar-refractivity contribution in [2.45, 2.75) is 24.3 Å². The zero-order valence-electron chi connectivity index (χ0n) is 14.3. The fourth-order valence-corrected chi connectivity index (χ4v) is 3.49. The Kier molecular flexibility index (Phi) is 5.19. The van der Waals surface area contributed by atoms with Gasteiger partial charge in [-0.2, -0.15) is 0 Å². The summed E-state index contributed by atoms with van der Waals surface area (Å²) in [6.07, 6.45) is 0. The molecule has 1 heterocycles. The van der Waals surface area contributed by atoms with E-state index in [1.54, 1.807) is 31.4 Å². The van der Waals surface area contributed by atoms with Crippen LogP contribution >= 0.6 is 11.8 Å². The number of aromatic nitrogens is 3. The lowest BCUT2D eigenvalue weighted by atomic mass is 10.1. The highest BCUT2D eigenvalue weighted by atomic mass is 32.2. The Labute approximate surface area is 151 Å². The van der Waals surface area contributed by atoms with E-state index in [1.807, 2.05) is 48.7 Å². The Morgan fingerprint density at radius 1 is 1.08 bits per heavy atom. The van der Waals surface area contributed by atoms with Crippen LogP contribution in [0.1, 0.15) is 23.1 Å². The maximum atomic E-state index is 12.7. The van der Waals surface area contributed by atoms with Crippen molar-refractivity contribution in [1.29, 1.82) is 0 Å². The van der Waals surface area contributed by atoms with E-state index in [0.29, 0.717) is 10.7 Å². The van der Waals surface area contributed by atoms with E-state index in [4.69, 9.17) is 4.74 Å². The number of para-hydroxylation sites is 1. The molecule has 2 aromatic carbocycles. The molecule has 5 nitrogen and oxygen atoms in total. The lowest BCUT2D eigenvalue weighted by Crippen LogP contribution is -2.14. The number of hydrogen-bond donors (Lipinski definition) is 0. The number of benzene rings is 2. The van der Waals surface area contributed by atoms with Crippen molar-refractivity contribution in [3.8, 4) is 11.4 Å². The molecular formula is C19H19N3O2S. The molecule has 1 aromatic heterocycles. The van der Waals surface area contributed by atoms with Crippen LogP contribution in [0.3, 0.4) is 0 Å². The van der Waals surface area contributed by atoms with Gasteiger partial charge in [-0.3, -0.25) is 9.36 Å². The average Bonchev–Trinajstić information content (AvgIpc) is 3.02. The van der Waals surface area contributed by atoms with Crippen molar-refractivity contribution in [2.75, 3.05) is 7.11 Å². The number of methoxy groups -OCH3 is 1. The topological polar surface area (TPSA) is 57.0 Å². The largest absolute Gasteiger partial charge is 0.497 e. The van der Waals surface area contributed by atoms with Crippen LogP contribution < -0.4 is 4.74 Å². The number of hydrogen-bond acceptors (Lipinski definition) is 5. The molecule has 0 saturated carbocycles. The average molecular weight is 353 g/mol. The smallest absolute Gasteiger partial charge is 0.196 e. The van der Waals surface area contributed by atoms with Gasteiger partial charge in [-0.05, 0) is 50.2 Å². The van der Waals surface area contributed by atoms with E-state index < -0.39 is 0 Å². The summed E-state index contributed by atoms with van der Waals surface area (Å²) < 4.78 is 7.10. The van der Waals surface area contributed by atoms with E-state index in [1.165, 1.54) is 11.8 Å². The number of aryl methyl sites for hydroxylation is 1. The van der Waals surface area contributed by atoms with Crippen LogP contribution in [0, 0.1) is 6.92 Å². The molecule has 128 valence electrons. The first-order valence-corrected chi connectivity index (χ1v) is 8.80. The van der Waals surface area contributed by atoms with Gasteiger partial charge in [-0.1, -0.05) is 30.0 Å². The lowest BCUT2D eigenvalue weighted by Gasteiger charge is -2.12. The summed E-state index contributed by atoms with van der Waals surface area (Å²) in [7, 11) is 1.61. The molecule has 0 aliphatic heterocycles. The molecule has 0 unspecified atom stereocenters. The fourth-order valence-electron chi connectivity index (χ4n) is 2.50. The zero-order chi connectivity index (χ0) is 17.8. The molecule has 0 aliphatic rings. The monoisotopic (exact) mass is 353 g/mol. The van der Waals surface area contributed by atoms with E-state index in [-0.39, 0.29) is 11.0 Å². The zero-order valence-corrected chi connectivity index (χ0v) is 15.2. The van der Waals surface area contributed by atoms with Gasteiger partial charge in [-0.15, -0.1) is 10.2 Å². The third-order valence-electron chi connectivity index (χ3n) is 3.84. The number of ketones is 1. The number of carbonyl (C=O) groups is 1. The van der Waals surface area contributed by atoms with Gasteiger partial charge in [0.1, 0.15) is 11.6 Å². The first-order valence-electron chi connectivity index (χ1n) is 7.92. The van der Waals surface area contributed by atoms with Gasteiger partial charge in [0.15, 0.2) is 10.9 Å². The van der Waals surface area contributed by atoms with Crippen molar-refractivity contribution in [3.05, 3.63) is 66.0 Å². The summed E-state index contributed by atoms with van der Waals surface area (Å²) in [5, 5.41) is 8.83. The molecule has 0 fully saturated rings. The minimum Gasteiger partial charge on any atom is -0.497 e. The normalized spacial score (nSPS) is 12.0. The Morgan fingerprint density at radius 2 is 1.76 bits per heavy atom. The number of nitrogens with zero attached hydrogens (tertiary/aromatic N) is 3. The highest BCUT2D eigenvalue weighted by molar-refractivity contribution is 8.00. The van der Waals surface area contributed by atoms with E-state index >= 15 is 0 Å². The quantitative estimate of drug-likeness (QED) is 0.496. The van der Waals surface area contributed by atoms with Gasteiger partial charge >= 0.3 is 0 Å². The van der Waals surface area contributed by atoms with Crippen LogP contribution in [0.2, 0.25) is 0 Å². The maximum Gasteiger partial charge on any atom is 0.196 e. The van der Waals surface area contributed by atoms with Gasteiger partial charge in [-0.25, -0.2) is 0 Å². The highest BCUT2D eigenvalue weighted by Gasteiger charge is 2.21. The van der Waals surface area contributed by atoms with Crippen LogP contribution in [0.15, 0.2) is 59.8 Å². The summed E-state index contributed by atoms with van der Waals surface area (Å²) in [4.78, 5) is 12.7. The van der Waals surface area contributed by atoms with Crippen LogP contribution in [0.4, 0.5) is 0 Å². The van der Waals surface area contributed by atoms with Crippen molar-refractivity contribution in [1.82, 2.24) is 14.8 Å². The Hall–Kier alpha value is -2.60. The number of ether oxygens (including phenoxy) is 1. The van der Waals surface area contributed by atoms with Gasteiger partial charge in [0.05, 0.1) is 12.4 Å². The van der Waals surface area contributed by atoms with Gasteiger partial charge in [0.25, 0.3) is 0 Å². The number of rotatable bonds is 6. The summed E-state index contributed by atoms with van der Waals surface area (Å²) in [5.74, 6) is 1.57. The Bertz CT molecular complexity index is 860. The third-order valence-corrected chi connectivity index (χ3v) is 4.88. The Balaban J connectivity index is 1.81. The van der Waals surface area contributed by atoms with Gasteiger partial charge in [0.2, 0.25) is 0 Å². The molecule has 3 aromatic rings. The molecule has 0 bridgehead atoms. The highest BCUT2D eigenvalue weighted by Crippen LogP contribution is 2.27. The van der Waals surface area contributed by atoms with Crippen LogP contribution in [0.25, 0.3) is 5.69 Å². The summed E-state index contributed by atoms with van der Waals surface area (Å²) in [6, 6.07) is 17.0. The summed E-state index contributed by atoms with van der Waals surface area (Å²) in [6.45, 7) is 3.79. The van der Waals surface area contributed by atoms with Crippen LogP contribution in [0.5, 0.6) is 5.75 Å². The second-order valence-corrected chi connectivity index (χ2v) is 6.86. The first-order chi connectivity index (χ1) is 12.1. The molecule has 0 spiro atoms. The third kappa shape index (κ3) is 3.74. The van der Waals surface area contributed by atoms with Crippen LogP contribution in [-0.2, 0) is 0 Å². The van der Waals surface area contributed by atoms with Gasteiger partial charge in [0, 0.05) is 11.3 Å². The number of Topliss-reactive ketones (excluding diaryl/α,β-unsaturated/α-hetero) is 1. The second-order valence-electron chi connectivity index (χ2n) is 5.55. The van der Waals surface area contributed by atoms with E-state index in [0.717, 1.165) is 17.3 Å². The van der Waals surface area contributed by atoms with Crippen molar-refractivity contribution in [3.63, 3.8) is 0 Å². The predicted octanol–water partition coefficient (Wildman–Crippen LogP) is 3.95. The molecule has 3 rings (SSSR count). The Morgan fingerprint density at radius 3 is 2.40 bits per heavy atom. The lowest BCUT2D eigenvalue weighted by molar-refractivity contribution is 0.0994. The molecule has 1 atom stereocenters. The van der Waals surface area contributed by atoms with Gasteiger partial charge < -0.3 is 4.74 Å². The van der Waals surface area contributed by atoms with E-state index in [2.05, 4.69) is 10.2 Å². The first kappa shape index (κ1) is 17.2. The molecule has 6 heteroatoms. The second kappa shape index (κ2) is 7.53. The summed E-state index contributed by atoms with van der Waals surface area (Å²) in [5.41, 5.74) is 1.64. The van der Waals surface area contributed by atoms with Crippen LogP contribution in [-0.4, -0.2) is 32.9 Å². The minimum atomic E-state index is -0.278. The van der Waals surface area contributed by atoms with Crippen molar-refractivity contribution >= 4 is 17.5 Å². The fraction of sp³-hybridized carbons (Fsp3) is 0.211. The SMILES string of the molecule is COc1ccc(C(=O)[C@H](C)Sc2nnc(C)n2-c2ccccc2)cc1. The predicted molar refractivity (Wildman–Crippen MR) is 98.7 cm³/mol. The molecule has 0 N–H and O–H groups in total. The molecule has 25 heavy (non-hydrogen) atoms. The maximum absolute atomic E-state index is 12.7. The molecule has 0 saturated heterocycles. The summed E-state index contributed by atoms with van der Waals surface area (Å²) >= 11 is 1.41. The molecule has 0 radical (unpaired) electrons. The molecule has 0 aliphatic carbocycles. The van der Waals surface area contributed by atoms with Crippen molar-refractivity contribution < 1.29 is 9.53 Å². The van der Waals surface area contributed by atoms with E-state index in [9.17, 15) is 4.79 Å². The standard InChI is InChI=1S/C19H19N3O2S/c1-13(18(23)15-9-11-17(24-3)12-10-15)25-19-21-20-14(2)22(19)16-7-5-4-6-8-16/h4-13H,1-3H3/t13-/m0/s1. The molecule has 0 amide bonds. The number of carbonyl (C=O) groups excluding carboxylic acids is 1. The van der Waals surface area contributed by atoms with Crippen molar-refractivity contribution in [2.24, 2.45) is 0 Å².